The van der Waals surface area contributed by atoms with E-state index in [1.54, 1.807) is 49.6 Å². The Morgan fingerprint density at radius 2 is 2.00 bits per heavy atom. The van der Waals surface area contributed by atoms with Gasteiger partial charge >= 0.3 is 0 Å². The summed E-state index contributed by atoms with van der Waals surface area (Å²) in [5, 5.41) is 12.9. The average molecular weight is 315 g/mol. The Hall–Kier alpha value is -2.53. The number of hydrogen-bond donors (Lipinski definition) is 2. The minimum absolute atomic E-state index is 0.104. The largest absolute Gasteiger partial charge is 0.497 e. The zero-order valence-corrected chi connectivity index (χ0v) is 13.3. The van der Waals surface area contributed by atoms with Crippen LogP contribution < -0.4 is 14.8 Å². The fourth-order valence-electron chi connectivity index (χ4n) is 2.19. The van der Waals surface area contributed by atoms with Crippen LogP contribution >= 0.6 is 0 Å². The van der Waals surface area contributed by atoms with Gasteiger partial charge < -0.3 is 19.9 Å². The minimum atomic E-state index is -0.812. The molecule has 0 fully saturated rings. The first-order chi connectivity index (χ1) is 11.2. The minimum Gasteiger partial charge on any atom is -0.497 e. The topological polar surface area (TPSA) is 67.8 Å². The van der Waals surface area contributed by atoms with E-state index in [0.29, 0.717) is 29.2 Å². The highest BCUT2D eigenvalue weighted by Gasteiger charge is 2.14. The van der Waals surface area contributed by atoms with Gasteiger partial charge in [0, 0.05) is 6.54 Å². The van der Waals surface area contributed by atoms with Gasteiger partial charge in [0.05, 0.1) is 25.4 Å². The second-order valence-corrected chi connectivity index (χ2v) is 4.93. The van der Waals surface area contributed by atoms with Crippen LogP contribution in [0.15, 0.2) is 48.5 Å². The van der Waals surface area contributed by atoms with Crippen molar-refractivity contribution in [3.63, 3.8) is 0 Å². The molecule has 0 spiro atoms. The highest BCUT2D eigenvalue weighted by molar-refractivity contribution is 5.96. The summed E-state index contributed by atoms with van der Waals surface area (Å²) in [4.78, 5) is 12.3. The lowest BCUT2D eigenvalue weighted by atomic mass is 10.1. The fourth-order valence-corrected chi connectivity index (χ4v) is 2.19. The van der Waals surface area contributed by atoms with Gasteiger partial charge in [0.25, 0.3) is 5.91 Å². The van der Waals surface area contributed by atoms with E-state index in [4.69, 9.17) is 9.47 Å². The molecule has 5 heteroatoms. The molecule has 0 aromatic heterocycles. The van der Waals surface area contributed by atoms with Crippen molar-refractivity contribution in [1.29, 1.82) is 0 Å². The van der Waals surface area contributed by atoms with Crippen LogP contribution in [-0.4, -0.2) is 31.3 Å². The van der Waals surface area contributed by atoms with Crippen LogP contribution in [0.3, 0.4) is 0 Å². The Labute approximate surface area is 135 Å². The lowest BCUT2D eigenvalue weighted by molar-refractivity contribution is 0.0912. The summed E-state index contributed by atoms with van der Waals surface area (Å²) in [7, 11) is 1.57. The Balaban J connectivity index is 2.01. The fraction of sp³-hybridized carbons (Fsp3) is 0.278. The Bertz CT molecular complexity index is 657. The molecule has 122 valence electrons. The van der Waals surface area contributed by atoms with Gasteiger partial charge in [0.15, 0.2) is 0 Å². The highest BCUT2D eigenvalue weighted by atomic mass is 16.5. The summed E-state index contributed by atoms with van der Waals surface area (Å²) in [6, 6.07) is 14.1. The van der Waals surface area contributed by atoms with Gasteiger partial charge in [0.1, 0.15) is 11.5 Å². The Morgan fingerprint density at radius 1 is 1.22 bits per heavy atom. The second kappa shape index (κ2) is 8.19. The number of amides is 1. The first-order valence-electron chi connectivity index (χ1n) is 7.47. The van der Waals surface area contributed by atoms with Gasteiger partial charge in [-0.1, -0.05) is 24.3 Å². The number of nitrogens with one attached hydrogen (secondary N) is 1. The van der Waals surface area contributed by atoms with Crippen LogP contribution in [0.1, 0.15) is 28.9 Å². The van der Waals surface area contributed by atoms with Crippen LogP contribution in [0.25, 0.3) is 0 Å². The third-order valence-electron chi connectivity index (χ3n) is 3.37. The molecule has 5 nitrogen and oxygen atoms in total. The quantitative estimate of drug-likeness (QED) is 0.824. The maximum Gasteiger partial charge on any atom is 0.255 e. The van der Waals surface area contributed by atoms with E-state index in [2.05, 4.69) is 5.32 Å². The van der Waals surface area contributed by atoms with E-state index in [9.17, 15) is 9.90 Å². The number of rotatable bonds is 7. The van der Waals surface area contributed by atoms with Crippen molar-refractivity contribution in [3.8, 4) is 11.5 Å². The molecule has 2 aromatic rings. The third-order valence-corrected chi connectivity index (χ3v) is 3.37. The zero-order valence-electron chi connectivity index (χ0n) is 13.3. The van der Waals surface area contributed by atoms with Crippen LogP contribution in [0.4, 0.5) is 0 Å². The maximum absolute atomic E-state index is 12.3. The standard InChI is InChI=1S/C18H21NO4/c1-3-23-17-10-5-4-9-15(17)18(21)19-12-16(20)13-7-6-8-14(11-13)22-2/h4-11,16,20H,3,12H2,1-2H3,(H,19,21)/t16-/m1/s1. The molecule has 0 aliphatic rings. The second-order valence-electron chi connectivity index (χ2n) is 4.93. The lowest BCUT2D eigenvalue weighted by Gasteiger charge is -2.14. The molecule has 1 atom stereocenters. The zero-order chi connectivity index (χ0) is 16.7. The predicted molar refractivity (Wildman–Crippen MR) is 87.9 cm³/mol. The van der Waals surface area contributed by atoms with Crippen LogP contribution in [0, 0.1) is 0 Å². The van der Waals surface area contributed by atoms with Crippen molar-refractivity contribution in [2.75, 3.05) is 20.3 Å². The molecule has 0 saturated carbocycles. The SMILES string of the molecule is CCOc1ccccc1C(=O)NC[C@@H](O)c1cccc(OC)c1. The summed E-state index contributed by atoms with van der Waals surface area (Å²) in [5.41, 5.74) is 1.13. The van der Waals surface area contributed by atoms with Crippen molar-refractivity contribution < 1.29 is 19.4 Å². The van der Waals surface area contributed by atoms with Gasteiger partial charge in [-0.15, -0.1) is 0 Å². The number of methoxy groups -OCH3 is 1. The number of hydrogen-bond acceptors (Lipinski definition) is 4. The average Bonchev–Trinajstić information content (AvgIpc) is 2.60. The van der Waals surface area contributed by atoms with E-state index in [-0.39, 0.29) is 12.5 Å². The molecule has 0 saturated heterocycles. The van der Waals surface area contributed by atoms with E-state index in [0.717, 1.165) is 0 Å². The third kappa shape index (κ3) is 4.47. The summed E-state index contributed by atoms with van der Waals surface area (Å²) in [5.74, 6) is 0.911. The monoisotopic (exact) mass is 315 g/mol. The number of carbonyl (C=O) groups excluding carboxylic acids is 1. The molecule has 0 heterocycles. The number of carbonyl (C=O) groups is 1. The number of ether oxygens (including phenoxy) is 2. The molecule has 0 bridgehead atoms. The molecule has 2 rings (SSSR count). The molecule has 23 heavy (non-hydrogen) atoms. The van der Waals surface area contributed by atoms with E-state index in [1.165, 1.54) is 0 Å². The molecule has 2 aromatic carbocycles. The van der Waals surface area contributed by atoms with Crippen LogP contribution in [0.5, 0.6) is 11.5 Å². The Kier molecular flexibility index (Phi) is 6.00. The number of benzene rings is 2. The number of aliphatic hydroxyl groups is 1. The highest BCUT2D eigenvalue weighted by Crippen LogP contribution is 2.20. The van der Waals surface area contributed by atoms with E-state index in [1.807, 2.05) is 13.0 Å². The van der Waals surface area contributed by atoms with Crippen LogP contribution in [0.2, 0.25) is 0 Å². The van der Waals surface area contributed by atoms with Crippen LogP contribution in [-0.2, 0) is 0 Å². The molecule has 0 radical (unpaired) electrons. The first-order valence-corrected chi connectivity index (χ1v) is 7.47. The molecule has 0 aliphatic carbocycles. The normalized spacial score (nSPS) is 11.6. The van der Waals surface area contributed by atoms with E-state index < -0.39 is 6.10 Å². The lowest BCUT2D eigenvalue weighted by Crippen LogP contribution is -2.28. The van der Waals surface area contributed by atoms with Crippen molar-refractivity contribution >= 4 is 5.91 Å². The van der Waals surface area contributed by atoms with Crippen molar-refractivity contribution in [1.82, 2.24) is 5.32 Å². The van der Waals surface area contributed by atoms with Crippen molar-refractivity contribution in [3.05, 3.63) is 59.7 Å². The molecular weight excluding hydrogens is 294 g/mol. The molecule has 1 amide bonds. The van der Waals surface area contributed by atoms with Crippen molar-refractivity contribution in [2.24, 2.45) is 0 Å². The summed E-state index contributed by atoms with van der Waals surface area (Å²) in [6.45, 7) is 2.45. The maximum atomic E-state index is 12.3. The Morgan fingerprint density at radius 3 is 2.74 bits per heavy atom. The summed E-state index contributed by atoms with van der Waals surface area (Å²) >= 11 is 0. The van der Waals surface area contributed by atoms with Gasteiger partial charge in [0.2, 0.25) is 0 Å². The van der Waals surface area contributed by atoms with Crippen molar-refractivity contribution in [2.45, 2.75) is 13.0 Å². The van der Waals surface area contributed by atoms with Gasteiger partial charge in [-0.2, -0.15) is 0 Å². The number of aliphatic hydroxyl groups excluding tert-OH is 1. The van der Waals surface area contributed by atoms with Gasteiger partial charge in [-0.05, 0) is 36.8 Å². The smallest absolute Gasteiger partial charge is 0.255 e. The summed E-state index contributed by atoms with van der Waals surface area (Å²) < 4.78 is 10.6. The predicted octanol–water partition coefficient (Wildman–Crippen LogP) is 2.56. The molecular formula is C18H21NO4. The van der Waals surface area contributed by atoms with Gasteiger partial charge in [-0.3, -0.25) is 4.79 Å². The van der Waals surface area contributed by atoms with Gasteiger partial charge in [-0.25, -0.2) is 0 Å². The van der Waals surface area contributed by atoms with E-state index >= 15 is 0 Å². The molecule has 0 aliphatic heterocycles. The molecule has 0 unspecified atom stereocenters. The first kappa shape index (κ1) is 16.8. The summed E-state index contributed by atoms with van der Waals surface area (Å²) in [6.07, 6.45) is -0.812. The number of para-hydroxylation sites is 1. The molecule has 2 N–H and O–H groups in total.